The van der Waals surface area contributed by atoms with E-state index in [1.165, 1.54) is 0 Å². The average molecular weight is 577 g/mol. The van der Waals surface area contributed by atoms with Crippen molar-refractivity contribution in [2.24, 2.45) is 0 Å². The van der Waals surface area contributed by atoms with E-state index in [-0.39, 0.29) is 24.2 Å². The number of para-hydroxylation sites is 1. The lowest BCUT2D eigenvalue weighted by Gasteiger charge is -2.19. The lowest BCUT2D eigenvalue weighted by Crippen LogP contribution is -1.92. The first kappa shape index (κ1) is 21.7. The van der Waals surface area contributed by atoms with Crippen molar-refractivity contribution < 1.29 is 9.90 Å². The zero-order valence-electron chi connectivity index (χ0n) is 28.3. The fourth-order valence-corrected chi connectivity index (χ4v) is 6.64. The molecule has 1 heteroatoms. The quantitative estimate of drug-likeness (QED) is 0.190. The Hall–Kier alpha value is -5.92. The molecule has 0 fully saturated rings. The molecular formula is C44H28O. The van der Waals surface area contributed by atoms with Gasteiger partial charge in [0.05, 0.1) is 5.48 Å². The van der Waals surface area contributed by atoms with Crippen LogP contribution in [0.4, 0.5) is 0 Å². The summed E-state index contributed by atoms with van der Waals surface area (Å²) in [5.74, 6) is 0. The molecule has 0 spiro atoms. The monoisotopic (exact) mass is 576 g/mol. The zero-order valence-corrected chi connectivity index (χ0v) is 24.3. The molecule has 1 nitrogen and oxygen atoms in total. The summed E-state index contributed by atoms with van der Waals surface area (Å²) in [6, 6.07) is 48.1. The Morgan fingerprint density at radius 3 is 1.51 bits per heavy atom. The lowest BCUT2D eigenvalue weighted by atomic mass is 9.84. The third-order valence-electron chi connectivity index (χ3n) is 8.73. The van der Waals surface area contributed by atoms with Gasteiger partial charge in [-0.15, -0.1) is 0 Å². The number of benzene rings is 8. The first-order valence-electron chi connectivity index (χ1n) is 17.1. The predicted molar refractivity (Wildman–Crippen MR) is 190 cm³/mol. The molecule has 0 saturated heterocycles. The van der Waals surface area contributed by atoms with Gasteiger partial charge in [0.1, 0.15) is 11.2 Å². The summed E-state index contributed by atoms with van der Waals surface area (Å²) in [6.07, 6.45) is 0. The number of furan rings is 1. The van der Waals surface area contributed by atoms with Gasteiger partial charge in [0, 0.05) is 10.8 Å². The van der Waals surface area contributed by atoms with E-state index in [0.717, 1.165) is 65.7 Å². The van der Waals surface area contributed by atoms with Crippen molar-refractivity contribution in [3.8, 4) is 44.5 Å². The maximum Gasteiger partial charge on any atom is 0.135 e. The molecule has 45 heavy (non-hydrogen) atoms. The van der Waals surface area contributed by atoms with Gasteiger partial charge in [-0.05, 0) is 90.3 Å². The second kappa shape index (κ2) is 10.4. The van der Waals surface area contributed by atoms with Gasteiger partial charge < -0.3 is 4.42 Å². The van der Waals surface area contributed by atoms with Crippen LogP contribution in [0, 0.1) is 0 Å². The summed E-state index contributed by atoms with van der Waals surface area (Å²) in [5.41, 5.74) is 7.73. The van der Waals surface area contributed by atoms with Crippen molar-refractivity contribution in [3.63, 3.8) is 0 Å². The largest absolute Gasteiger partial charge is 0.456 e. The molecule has 0 unspecified atom stereocenters. The van der Waals surface area contributed by atoms with Crippen LogP contribution < -0.4 is 0 Å². The molecule has 0 radical (unpaired) electrons. The molecule has 210 valence electrons. The Morgan fingerprint density at radius 1 is 0.311 bits per heavy atom. The summed E-state index contributed by atoms with van der Waals surface area (Å²) >= 11 is 0. The highest BCUT2D eigenvalue weighted by molar-refractivity contribution is 6.22. The third-order valence-corrected chi connectivity index (χ3v) is 8.73. The van der Waals surface area contributed by atoms with Crippen LogP contribution in [0.2, 0.25) is 0 Å². The molecule has 8 aromatic carbocycles. The predicted octanol–water partition coefficient (Wildman–Crippen LogP) is 12.6. The first-order valence-corrected chi connectivity index (χ1v) is 15.1. The minimum atomic E-state index is -0.0598. The minimum absolute atomic E-state index is 0.0555. The molecule has 9 rings (SSSR count). The Balaban J connectivity index is 1.42. The molecule has 0 atom stereocenters. The van der Waals surface area contributed by atoms with Gasteiger partial charge >= 0.3 is 0 Å². The molecule has 0 aliphatic carbocycles. The molecule has 9 aromatic rings. The molecule has 1 heterocycles. The van der Waals surface area contributed by atoms with Gasteiger partial charge in [-0.2, -0.15) is 0 Å². The smallest absolute Gasteiger partial charge is 0.135 e. The topological polar surface area (TPSA) is 13.1 Å². The molecule has 0 bridgehead atoms. The summed E-state index contributed by atoms with van der Waals surface area (Å²) < 4.78 is 43.3. The Bertz CT molecular complexity index is 2720. The zero-order chi connectivity index (χ0) is 33.2. The fraction of sp³-hybridized carbons (Fsp3) is 0. The van der Waals surface area contributed by atoms with Crippen LogP contribution in [0.1, 0.15) is 5.48 Å². The van der Waals surface area contributed by atoms with E-state index in [2.05, 4.69) is 54.6 Å². The SMILES string of the molecule is [2H]c1c([2H])c(-c2c3ccccc3c(-c3ccc4oc5ccccc5c4c3)c3ccc(-c4ccccc4)cc23)c([2H])c([2H])c1-c1ccccc1. The number of fused-ring (bicyclic) bond motifs is 5. The number of rotatable bonds is 4. The van der Waals surface area contributed by atoms with Crippen molar-refractivity contribution in [2.75, 3.05) is 0 Å². The highest BCUT2D eigenvalue weighted by Gasteiger charge is 2.19. The molecular weight excluding hydrogens is 544 g/mol. The average Bonchev–Trinajstić information content (AvgIpc) is 3.52. The van der Waals surface area contributed by atoms with E-state index in [1.54, 1.807) is 0 Å². The standard InChI is InChI=1S/C44H28O/c1-3-11-29(12-4-1)31-19-21-32(22-20-31)43-36-16-7-8-17-37(36)44(38-25-23-33(27-40(38)43)30-13-5-2-6-14-30)34-24-26-42-39(28-34)35-15-9-10-18-41(35)45-42/h1-28H/i19D,20D,21D,22D. The molecule has 0 N–H and O–H groups in total. The summed E-state index contributed by atoms with van der Waals surface area (Å²) in [4.78, 5) is 0. The number of hydrogen-bond acceptors (Lipinski definition) is 1. The second-order valence-corrected chi connectivity index (χ2v) is 11.3. The Labute approximate surface area is 267 Å². The maximum absolute atomic E-state index is 9.39. The van der Waals surface area contributed by atoms with E-state index in [4.69, 9.17) is 7.16 Å². The van der Waals surface area contributed by atoms with Crippen LogP contribution in [0.25, 0.3) is 88.0 Å². The summed E-state index contributed by atoms with van der Waals surface area (Å²) in [6.45, 7) is 0. The van der Waals surface area contributed by atoms with Crippen LogP contribution in [-0.2, 0) is 0 Å². The third kappa shape index (κ3) is 4.24. The summed E-state index contributed by atoms with van der Waals surface area (Å²) in [5, 5.41) is 5.74. The molecule has 0 aliphatic rings. The van der Waals surface area contributed by atoms with Crippen molar-refractivity contribution in [2.45, 2.75) is 0 Å². The minimum Gasteiger partial charge on any atom is -0.456 e. The van der Waals surface area contributed by atoms with E-state index in [9.17, 15) is 2.74 Å². The highest BCUT2D eigenvalue weighted by Crippen LogP contribution is 2.46. The van der Waals surface area contributed by atoms with Crippen molar-refractivity contribution in [1.82, 2.24) is 0 Å². The van der Waals surface area contributed by atoms with Crippen LogP contribution in [0.15, 0.2) is 174 Å². The second-order valence-electron chi connectivity index (χ2n) is 11.3. The molecule has 0 saturated carbocycles. The van der Waals surface area contributed by atoms with E-state index >= 15 is 0 Å². The Kier molecular flexibility index (Phi) is 5.00. The normalized spacial score (nSPS) is 12.8. The van der Waals surface area contributed by atoms with Gasteiger partial charge in [0.25, 0.3) is 0 Å². The van der Waals surface area contributed by atoms with Gasteiger partial charge in [-0.25, -0.2) is 0 Å². The van der Waals surface area contributed by atoms with Gasteiger partial charge in [0.15, 0.2) is 0 Å². The van der Waals surface area contributed by atoms with Crippen molar-refractivity contribution in [3.05, 3.63) is 170 Å². The summed E-state index contributed by atoms with van der Waals surface area (Å²) in [7, 11) is 0. The van der Waals surface area contributed by atoms with E-state index in [0.29, 0.717) is 22.3 Å². The Morgan fingerprint density at radius 2 is 0.800 bits per heavy atom. The molecule has 0 aliphatic heterocycles. The van der Waals surface area contributed by atoms with E-state index in [1.807, 2.05) is 91.0 Å². The van der Waals surface area contributed by atoms with Crippen LogP contribution in [-0.4, -0.2) is 0 Å². The van der Waals surface area contributed by atoms with Crippen LogP contribution >= 0.6 is 0 Å². The van der Waals surface area contributed by atoms with Crippen molar-refractivity contribution >= 4 is 43.5 Å². The number of hydrogen-bond donors (Lipinski definition) is 0. The highest BCUT2D eigenvalue weighted by atomic mass is 16.3. The van der Waals surface area contributed by atoms with Gasteiger partial charge in [-0.3, -0.25) is 0 Å². The van der Waals surface area contributed by atoms with Gasteiger partial charge in [0.2, 0.25) is 0 Å². The molecule has 1 aromatic heterocycles. The lowest BCUT2D eigenvalue weighted by molar-refractivity contribution is 0.669. The van der Waals surface area contributed by atoms with Crippen molar-refractivity contribution in [1.29, 1.82) is 0 Å². The molecule has 0 amide bonds. The van der Waals surface area contributed by atoms with Crippen LogP contribution in [0.3, 0.4) is 0 Å². The fourth-order valence-electron chi connectivity index (χ4n) is 6.64. The maximum atomic E-state index is 9.39. The van der Waals surface area contributed by atoms with Crippen LogP contribution in [0.5, 0.6) is 0 Å². The first-order chi connectivity index (χ1) is 24.0. The van der Waals surface area contributed by atoms with Gasteiger partial charge in [-0.1, -0.05) is 145 Å². The van der Waals surface area contributed by atoms with E-state index < -0.39 is 0 Å².